The Hall–Kier alpha value is -2.62. The number of fused-ring (bicyclic) bond motifs is 3. The smallest absolute Gasteiger partial charge is 0.336 e. The molecule has 3 rings (SSSR count). The zero-order valence-electron chi connectivity index (χ0n) is 14.1. The van der Waals surface area contributed by atoms with Crippen molar-refractivity contribution >= 4 is 27.7 Å². The molecule has 4 heteroatoms. The maximum Gasteiger partial charge on any atom is 0.336 e. The van der Waals surface area contributed by atoms with E-state index in [2.05, 4.69) is 0 Å². The van der Waals surface area contributed by atoms with E-state index in [0.29, 0.717) is 17.6 Å². The van der Waals surface area contributed by atoms with Gasteiger partial charge >= 0.3 is 11.6 Å². The molecule has 24 heavy (non-hydrogen) atoms. The van der Waals surface area contributed by atoms with Gasteiger partial charge in [-0.2, -0.15) is 0 Å². The van der Waals surface area contributed by atoms with E-state index in [1.807, 2.05) is 51.1 Å². The Morgan fingerprint density at radius 3 is 2.62 bits per heavy atom. The number of rotatable bonds is 3. The van der Waals surface area contributed by atoms with Crippen LogP contribution in [0.1, 0.15) is 32.8 Å². The van der Waals surface area contributed by atoms with E-state index >= 15 is 0 Å². The second-order valence-electron chi connectivity index (χ2n) is 7.15. The Labute approximate surface area is 140 Å². The third-order valence-electron chi connectivity index (χ3n) is 3.78. The molecule has 0 aliphatic rings. The predicted octanol–water partition coefficient (Wildman–Crippen LogP) is 4.43. The molecule has 0 saturated carbocycles. The quantitative estimate of drug-likeness (QED) is 0.406. The molecule has 124 valence electrons. The van der Waals surface area contributed by atoms with Gasteiger partial charge in [0.25, 0.3) is 0 Å². The van der Waals surface area contributed by atoms with Gasteiger partial charge in [-0.05, 0) is 22.3 Å². The highest BCUT2D eigenvalue weighted by Gasteiger charge is 2.18. The molecule has 1 aromatic heterocycles. The SMILES string of the molecule is CC(C)(C)CC(=O)OCc1cc(=O)oc2ccc3ccccc3c12. The number of hydrogen-bond acceptors (Lipinski definition) is 4. The van der Waals surface area contributed by atoms with Crippen molar-refractivity contribution in [2.24, 2.45) is 5.41 Å². The van der Waals surface area contributed by atoms with Gasteiger partial charge in [0.15, 0.2) is 0 Å². The van der Waals surface area contributed by atoms with Crippen molar-refractivity contribution in [1.29, 1.82) is 0 Å². The average molecular weight is 324 g/mol. The Morgan fingerprint density at radius 1 is 1.12 bits per heavy atom. The van der Waals surface area contributed by atoms with Crippen molar-refractivity contribution in [3.8, 4) is 0 Å². The summed E-state index contributed by atoms with van der Waals surface area (Å²) in [7, 11) is 0. The van der Waals surface area contributed by atoms with E-state index in [1.165, 1.54) is 6.07 Å². The average Bonchev–Trinajstić information content (AvgIpc) is 2.50. The molecule has 0 aliphatic carbocycles. The van der Waals surface area contributed by atoms with E-state index in [4.69, 9.17) is 9.15 Å². The lowest BCUT2D eigenvalue weighted by Crippen LogP contribution is -2.15. The van der Waals surface area contributed by atoms with Gasteiger partial charge in [-0.25, -0.2) is 4.79 Å². The number of carbonyl (C=O) groups is 1. The highest BCUT2D eigenvalue weighted by Crippen LogP contribution is 2.28. The van der Waals surface area contributed by atoms with Gasteiger partial charge in [0.2, 0.25) is 0 Å². The highest BCUT2D eigenvalue weighted by molar-refractivity contribution is 6.07. The van der Waals surface area contributed by atoms with Crippen molar-refractivity contribution in [2.45, 2.75) is 33.8 Å². The molecule has 0 radical (unpaired) electrons. The number of hydrogen-bond donors (Lipinski definition) is 0. The van der Waals surface area contributed by atoms with E-state index in [-0.39, 0.29) is 18.0 Å². The highest BCUT2D eigenvalue weighted by atomic mass is 16.5. The molecule has 1 heterocycles. The van der Waals surface area contributed by atoms with Crippen LogP contribution in [0.4, 0.5) is 0 Å². The zero-order chi connectivity index (χ0) is 17.3. The van der Waals surface area contributed by atoms with Crippen molar-refractivity contribution in [3.63, 3.8) is 0 Å². The van der Waals surface area contributed by atoms with Crippen LogP contribution in [0.5, 0.6) is 0 Å². The van der Waals surface area contributed by atoms with Crippen LogP contribution >= 0.6 is 0 Å². The first-order chi connectivity index (χ1) is 11.3. The molecular weight excluding hydrogens is 304 g/mol. The summed E-state index contributed by atoms with van der Waals surface area (Å²) in [5.74, 6) is -0.274. The minimum absolute atomic E-state index is 0.0605. The monoisotopic (exact) mass is 324 g/mol. The molecule has 2 aromatic carbocycles. The maximum atomic E-state index is 12.0. The molecule has 0 aliphatic heterocycles. The van der Waals surface area contributed by atoms with Gasteiger partial charge in [0, 0.05) is 17.0 Å². The Bertz CT molecular complexity index is 961. The second kappa shape index (κ2) is 6.11. The topological polar surface area (TPSA) is 56.5 Å². The fourth-order valence-electron chi connectivity index (χ4n) is 2.78. The molecular formula is C20H20O4. The fourth-order valence-corrected chi connectivity index (χ4v) is 2.78. The Balaban J connectivity index is 2.02. The van der Waals surface area contributed by atoms with Crippen LogP contribution < -0.4 is 5.63 Å². The van der Waals surface area contributed by atoms with Gasteiger partial charge in [-0.15, -0.1) is 0 Å². The zero-order valence-corrected chi connectivity index (χ0v) is 14.1. The Morgan fingerprint density at radius 2 is 1.88 bits per heavy atom. The molecule has 0 bridgehead atoms. The molecule has 0 N–H and O–H groups in total. The molecule has 0 saturated heterocycles. The van der Waals surface area contributed by atoms with Crippen molar-refractivity contribution < 1.29 is 13.9 Å². The molecule has 4 nitrogen and oxygen atoms in total. The summed E-state index contributed by atoms with van der Waals surface area (Å²) in [6.07, 6.45) is 0.327. The van der Waals surface area contributed by atoms with Crippen LogP contribution in [-0.2, 0) is 16.1 Å². The predicted molar refractivity (Wildman–Crippen MR) is 93.9 cm³/mol. The van der Waals surface area contributed by atoms with Gasteiger partial charge in [-0.1, -0.05) is 51.1 Å². The summed E-state index contributed by atoms with van der Waals surface area (Å²) >= 11 is 0. The van der Waals surface area contributed by atoms with E-state index < -0.39 is 5.63 Å². The van der Waals surface area contributed by atoms with Crippen molar-refractivity contribution in [3.05, 3.63) is 58.4 Å². The minimum atomic E-state index is -0.445. The van der Waals surface area contributed by atoms with E-state index in [9.17, 15) is 9.59 Å². The van der Waals surface area contributed by atoms with Gasteiger partial charge in [0.05, 0.1) is 6.42 Å². The number of benzene rings is 2. The van der Waals surface area contributed by atoms with Gasteiger partial charge in [0.1, 0.15) is 12.2 Å². The molecule has 0 atom stereocenters. The lowest BCUT2D eigenvalue weighted by atomic mass is 9.92. The summed E-state index contributed by atoms with van der Waals surface area (Å²) < 4.78 is 10.7. The second-order valence-corrected chi connectivity index (χ2v) is 7.15. The van der Waals surface area contributed by atoms with Crippen LogP contribution in [0.25, 0.3) is 21.7 Å². The molecule has 0 spiro atoms. The minimum Gasteiger partial charge on any atom is -0.461 e. The van der Waals surface area contributed by atoms with Crippen LogP contribution in [0.3, 0.4) is 0 Å². The number of esters is 1. The Kier molecular flexibility index (Phi) is 4.14. The number of ether oxygens (including phenoxy) is 1. The van der Waals surface area contributed by atoms with Crippen LogP contribution in [-0.4, -0.2) is 5.97 Å². The van der Waals surface area contributed by atoms with Gasteiger partial charge in [-0.3, -0.25) is 4.79 Å². The largest absolute Gasteiger partial charge is 0.461 e. The van der Waals surface area contributed by atoms with E-state index in [1.54, 1.807) is 6.07 Å². The normalized spacial score (nSPS) is 11.8. The summed E-state index contributed by atoms with van der Waals surface area (Å²) in [5, 5.41) is 2.83. The first-order valence-corrected chi connectivity index (χ1v) is 7.94. The molecule has 3 aromatic rings. The van der Waals surface area contributed by atoms with Crippen molar-refractivity contribution in [2.75, 3.05) is 0 Å². The van der Waals surface area contributed by atoms with Gasteiger partial charge < -0.3 is 9.15 Å². The van der Waals surface area contributed by atoms with E-state index in [0.717, 1.165) is 16.2 Å². The molecule has 0 unspecified atom stereocenters. The standard InChI is InChI=1S/C20H20O4/c1-20(2,3)11-18(22)23-12-14-10-17(21)24-16-9-8-13-6-4-5-7-15(13)19(14)16/h4-10H,11-12H2,1-3H3. The first kappa shape index (κ1) is 16.2. The summed E-state index contributed by atoms with van der Waals surface area (Å²) in [6, 6.07) is 12.9. The third kappa shape index (κ3) is 3.48. The lowest BCUT2D eigenvalue weighted by molar-refractivity contribution is -0.147. The maximum absolute atomic E-state index is 12.0. The summed E-state index contributed by atoms with van der Waals surface area (Å²) in [5.41, 5.74) is 0.588. The first-order valence-electron chi connectivity index (χ1n) is 7.94. The summed E-state index contributed by atoms with van der Waals surface area (Å²) in [6.45, 7) is 6.00. The van der Waals surface area contributed by atoms with Crippen molar-refractivity contribution in [1.82, 2.24) is 0 Å². The van der Waals surface area contributed by atoms with Crippen LogP contribution in [0, 0.1) is 5.41 Å². The molecule has 0 amide bonds. The fraction of sp³-hybridized carbons (Fsp3) is 0.300. The summed E-state index contributed by atoms with van der Waals surface area (Å²) in [4.78, 5) is 23.8. The number of carbonyl (C=O) groups excluding carboxylic acids is 1. The lowest BCUT2D eigenvalue weighted by Gasteiger charge is -2.17. The van der Waals surface area contributed by atoms with Crippen LogP contribution in [0.15, 0.2) is 51.7 Å². The van der Waals surface area contributed by atoms with Crippen LogP contribution in [0.2, 0.25) is 0 Å². The molecule has 0 fully saturated rings. The third-order valence-corrected chi connectivity index (χ3v) is 3.78.